The van der Waals surface area contributed by atoms with Gasteiger partial charge in [0.25, 0.3) is 0 Å². The molecule has 1 aromatic carbocycles. The molecule has 1 aromatic rings. The number of rotatable bonds is 35. The molecule has 0 radical (unpaired) electrons. The molecule has 18 heteroatoms. The fourth-order valence-electron chi connectivity index (χ4n) is 8.09. The van der Waals surface area contributed by atoms with E-state index in [0.717, 1.165) is 50.5 Å². The zero-order valence-corrected chi connectivity index (χ0v) is 43.8. The molecule has 2 fully saturated rings. The molecule has 0 aromatic heterocycles. The summed E-state index contributed by atoms with van der Waals surface area (Å²) in [6.45, 7) is 11.2. The van der Waals surface area contributed by atoms with Gasteiger partial charge >= 0.3 is 24.1 Å². The van der Waals surface area contributed by atoms with Crippen LogP contribution < -0.4 is 10.6 Å². The Hall–Kier alpha value is -2.89. The molecule has 2 heterocycles. The van der Waals surface area contributed by atoms with Gasteiger partial charge in [-0.25, -0.2) is 9.59 Å². The summed E-state index contributed by atoms with van der Waals surface area (Å²) in [5.41, 5.74) is 0.944. The first-order valence-electron chi connectivity index (χ1n) is 25.3. The van der Waals surface area contributed by atoms with Crippen LogP contribution in [0.5, 0.6) is 0 Å². The van der Waals surface area contributed by atoms with Gasteiger partial charge < -0.3 is 53.3 Å². The van der Waals surface area contributed by atoms with Gasteiger partial charge in [0.05, 0.1) is 38.9 Å². The van der Waals surface area contributed by atoms with Gasteiger partial charge in [-0.05, 0) is 45.1 Å². The molecule has 0 spiro atoms. The number of halogens is 3. The molecule has 2 amide bonds. The summed E-state index contributed by atoms with van der Waals surface area (Å²) >= 11 is 17.7. The largest absolute Gasteiger partial charge is 0.462 e. The lowest BCUT2D eigenvalue weighted by atomic mass is 9.95. The van der Waals surface area contributed by atoms with E-state index in [1.807, 2.05) is 30.3 Å². The van der Waals surface area contributed by atoms with E-state index >= 15 is 0 Å². The Kier molecular flexibility index (Phi) is 30.2. The number of carbonyl (C=O) groups excluding carboxylic acids is 4. The number of ether oxygens (including phenoxy) is 9. The van der Waals surface area contributed by atoms with E-state index in [-0.39, 0.29) is 51.7 Å². The van der Waals surface area contributed by atoms with Gasteiger partial charge in [0.1, 0.15) is 37.6 Å². The average molecular weight is 1040 g/mol. The van der Waals surface area contributed by atoms with E-state index in [2.05, 4.69) is 31.1 Å². The van der Waals surface area contributed by atoms with Crippen molar-refractivity contribution in [3.63, 3.8) is 0 Å². The minimum absolute atomic E-state index is 0.00284. The maximum atomic E-state index is 14.2. The van der Waals surface area contributed by atoms with Crippen LogP contribution in [0.3, 0.4) is 0 Å². The lowest BCUT2D eigenvalue weighted by molar-refractivity contribution is -0.369. The van der Waals surface area contributed by atoms with E-state index in [0.29, 0.717) is 19.4 Å². The summed E-state index contributed by atoms with van der Waals surface area (Å²) in [5.74, 6) is -2.17. The van der Waals surface area contributed by atoms with E-state index in [4.69, 9.17) is 77.4 Å². The van der Waals surface area contributed by atoms with Crippen LogP contribution in [0.25, 0.3) is 0 Å². The molecule has 0 aliphatic carbocycles. The van der Waals surface area contributed by atoms with Crippen LogP contribution in [0.15, 0.2) is 43.0 Å². The first kappa shape index (κ1) is 60.4. The van der Waals surface area contributed by atoms with E-state index in [9.17, 15) is 19.2 Å². The standard InChI is InChI=1S/C51H81Cl3N2O13/c1-6-9-11-13-15-16-18-19-24-28-40(66-42(57)29-25-20-17-14-12-10-7-2)33-43(58)68-46-44(56-49(60)64-37-51(52,53)54)47(67-41-36-65-50(4,5)69-45(41)46)62-32-30-39(55-48(59)63-31-8-3)35-61-34-38-26-22-21-23-27-38/h8,21-23,26-27,39-41,44-47H,3,6-7,9-20,24-25,28-37H2,1-2,4-5H3,(H,55,59)(H,56,60)/t39-,40+,41+,44+,45+,46+,47?/m0/s1. The Labute approximate surface area is 426 Å². The summed E-state index contributed by atoms with van der Waals surface area (Å²) in [5, 5.41) is 5.51. The number of hydrogen-bond acceptors (Lipinski definition) is 13. The van der Waals surface area contributed by atoms with Crippen molar-refractivity contribution in [2.75, 3.05) is 33.0 Å². The minimum atomic E-state index is -1.92. The second kappa shape index (κ2) is 34.5. The zero-order chi connectivity index (χ0) is 50.3. The number of amides is 2. The van der Waals surface area contributed by atoms with Crippen LogP contribution in [0.4, 0.5) is 9.59 Å². The highest BCUT2D eigenvalue weighted by molar-refractivity contribution is 6.67. The average Bonchev–Trinajstić information content (AvgIpc) is 3.30. The van der Waals surface area contributed by atoms with Gasteiger partial charge in [-0.2, -0.15) is 0 Å². The molecule has 2 aliphatic heterocycles. The van der Waals surface area contributed by atoms with Gasteiger partial charge in [-0.15, -0.1) is 0 Å². The maximum Gasteiger partial charge on any atom is 0.407 e. The van der Waals surface area contributed by atoms with Gasteiger partial charge in [0.15, 0.2) is 18.2 Å². The van der Waals surface area contributed by atoms with E-state index in [1.165, 1.54) is 57.4 Å². The molecule has 0 bridgehead atoms. The molecular weight excluding hydrogens is 955 g/mol. The van der Waals surface area contributed by atoms with Gasteiger partial charge in [-0.1, -0.05) is 182 Å². The number of esters is 2. The highest BCUT2D eigenvalue weighted by atomic mass is 35.6. The number of fused-ring (bicyclic) bond motifs is 1. The molecule has 1 unspecified atom stereocenters. The summed E-state index contributed by atoms with van der Waals surface area (Å²) in [6, 6.07) is 7.72. The number of nitrogens with one attached hydrogen (secondary N) is 2. The minimum Gasteiger partial charge on any atom is -0.462 e. The third kappa shape index (κ3) is 26.9. The van der Waals surface area contributed by atoms with Crippen molar-refractivity contribution in [3.05, 3.63) is 48.6 Å². The second-order valence-corrected chi connectivity index (χ2v) is 20.9. The Morgan fingerprint density at radius 1 is 0.841 bits per heavy atom. The van der Waals surface area contributed by atoms with Crippen molar-refractivity contribution in [3.8, 4) is 0 Å². The molecular formula is C51H81Cl3N2O13. The summed E-state index contributed by atoms with van der Waals surface area (Å²) < 4.78 is 51.8. The third-order valence-corrected chi connectivity index (χ3v) is 12.0. The number of unbranched alkanes of at least 4 members (excludes halogenated alkanes) is 14. The lowest BCUT2D eigenvalue weighted by Gasteiger charge is -2.50. The highest BCUT2D eigenvalue weighted by Gasteiger charge is 2.54. The molecule has 69 heavy (non-hydrogen) atoms. The third-order valence-electron chi connectivity index (χ3n) is 11.7. The normalized spacial score (nSPS) is 20.7. The van der Waals surface area contributed by atoms with E-state index in [1.54, 1.807) is 13.8 Å². The summed E-state index contributed by atoms with van der Waals surface area (Å²) in [6.07, 6.45) is 12.8. The monoisotopic (exact) mass is 1030 g/mol. The highest BCUT2D eigenvalue weighted by Crippen LogP contribution is 2.35. The number of alkyl halides is 3. The van der Waals surface area contributed by atoms with Gasteiger partial charge in [-0.3, -0.25) is 9.59 Å². The molecule has 0 saturated carbocycles. The smallest absolute Gasteiger partial charge is 0.407 e. The zero-order valence-electron chi connectivity index (χ0n) is 41.5. The Bertz CT molecular complexity index is 1600. The molecule has 2 saturated heterocycles. The van der Waals surface area contributed by atoms with Crippen molar-refractivity contribution in [2.45, 2.75) is 215 Å². The predicted octanol–water partition coefficient (Wildman–Crippen LogP) is 11.5. The number of carbonyl (C=O) groups is 4. The van der Waals surface area contributed by atoms with Crippen LogP contribution in [-0.4, -0.2) is 110 Å². The Morgan fingerprint density at radius 3 is 2.12 bits per heavy atom. The fraction of sp³-hybridized carbons (Fsp3) is 0.765. The van der Waals surface area contributed by atoms with Crippen LogP contribution in [0.2, 0.25) is 0 Å². The van der Waals surface area contributed by atoms with Gasteiger partial charge in [0.2, 0.25) is 3.79 Å². The quantitative estimate of drug-likeness (QED) is 0.0216. The molecule has 7 atom stereocenters. The first-order chi connectivity index (χ1) is 33.1. The SMILES string of the molecule is C=CCOC(=O)N[C@@H](CCOC1O[C@@H]2COC(C)(C)O[C@H]2[C@H](OC(=O)C[C@@H](CCCCCCCCCCC)OC(=O)CCCCCCCCC)[C@H]1NC(=O)OCC(Cl)(Cl)Cl)COCc1ccccc1. The number of alkyl carbamates (subject to hydrolysis) is 2. The molecule has 15 nitrogen and oxygen atoms in total. The van der Waals surface area contributed by atoms with Crippen molar-refractivity contribution < 1.29 is 61.8 Å². The predicted molar refractivity (Wildman–Crippen MR) is 266 cm³/mol. The number of hydrogen-bond donors (Lipinski definition) is 2. The van der Waals surface area contributed by atoms with Crippen LogP contribution in [0, 0.1) is 0 Å². The Morgan fingerprint density at radius 2 is 1.48 bits per heavy atom. The van der Waals surface area contributed by atoms with Crippen LogP contribution >= 0.6 is 34.8 Å². The molecule has 2 N–H and O–H groups in total. The number of benzene rings is 1. The second-order valence-electron chi connectivity index (χ2n) is 18.3. The van der Waals surface area contributed by atoms with Crippen molar-refractivity contribution >= 4 is 58.9 Å². The topological polar surface area (TPSA) is 175 Å². The summed E-state index contributed by atoms with van der Waals surface area (Å²) in [7, 11) is 0. The van der Waals surface area contributed by atoms with Crippen molar-refractivity contribution in [2.24, 2.45) is 0 Å². The Balaban J connectivity index is 1.82. The fourth-order valence-corrected chi connectivity index (χ4v) is 8.25. The van der Waals surface area contributed by atoms with Gasteiger partial charge in [0, 0.05) is 6.42 Å². The maximum absolute atomic E-state index is 14.2. The summed E-state index contributed by atoms with van der Waals surface area (Å²) in [4.78, 5) is 53.5. The van der Waals surface area contributed by atoms with Crippen molar-refractivity contribution in [1.82, 2.24) is 10.6 Å². The molecule has 3 rings (SSSR count). The van der Waals surface area contributed by atoms with E-state index < -0.39 is 77.1 Å². The van der Waals surface area contributed by atoms with Crippen molar-refractivity contribution in [1.29, 1.82) is 0 Å². The first-order valence-corrected chi connectivity index (χ1v) is 26.4. The lowest BCUT2D eigenvalue weighted by Crippen LogP contribution is -2.69. The molecule has 2 aliphatic rings. The van der Waals surface area contributed by atoms with Crippen LogP contribution in [-0.2, 0) is 58.8 Å². The van der Waals surface area contributed by atoms with Crippen LogP contribution in [0.1, 0.15) is 162 Å². The molecule has 394 valence electrons.